The minimum atomic E-state index is -1.47. The molecule has 0 aliphatic heterocycles. The zero-order chi connectivity index (χ0) is 13.0. The molecule has 4 N–H and O–H groups in total. The molecule has 0 aliphatic carbocycles. The Morgan fingerprint density at radius 3 is 1.41 bits per heavy atom. The molecule has 0 aromatic carbocycles. The van der Waals surface area contributed by atoms with Crippen LogP contribution in [-0.2, 0) is 0 Å². The van der Waals surface area contributed by atoms with E-state index in [1.807, 2.05) is 0 Å². The maximum absolute atomic E-state index is 9.11. The molecule has 3 nitrogen and oxygen atoms in total. The van der Waals surface area contributed by atoms with Crippen LogP contribution in [0.15, 0.2) is 0 Å². The lowest BCUT2D eigenvalue weighted by atomic mass is 10.0. The lowest BCUT2D eigenvalue weighted by molar-refractivity contribution is -0.150. The Kier molecular flexibility index (Phi) is 10.9. The third-order valence-electron chi connectivity index (χ3n) is 3.10. The van der Waals surface area contributed by atoms with Crippen LogP contribution in [-0.4, -0.2) is 22.5 Å². The molecule has 0 rings (SSSR count). The number of rotatable bonds is 12. The molecule has 104 valence electrons. The lowest BCUT2D eigenvalue weighted by Crippen LogP contribution is -2.22. The highest BCUT2D eigenvalue weighted by Gasteiger charge is 2.12. The molecule has 0 heterocycles. The molecule has 0 saturated heterocycles. The predicted molar refractivity (Wildman–Crippen MR) is 72.7 cm³/mol. The Bertz CT molecular complexity index is 155. The van der Waals surface area contributed by atoms with Crippen LogP contribution in [0.4, 0.5) is 0 Å². The monoisotopic (exact) mass is 245 g/mol. The fourth-order valence-electron chi connectivity index (χ4n) is 2.02. The molecule has 0 unspecified atom stereocenters. The standard InChI is InChI=1S/C14H31NO2/c1-14(16,17)12-10-8-6-4-2-3-5-7-9-11-13-15/h16-17H,2-13,15H2,1H3. The zero-order valence-corrected chi connectivity index (χ0v) is 11.5. The van der Waals surface area contributed by atoms with Gasteiger partial charge in [-0.2, -0.15) is 0 Å². The molecule has 17 heavy (non-hydrogen) atoms. The largest absolute Gasteiger partial charge is 0.366 e. The van der Waals surface area contributed by atoms with E-state index < -0.39 is 5.79 Å². The van der Waals surface area contributed by atoms with Gasteiger partial charge in [0.1, 0.15) is 0 Å². The van der Waals surface area contributed by atoms with Gasteiger partial charge in [-0.15, -0.1) is 0 Å². The molecule has 0 bridgehead atoms. The summed E-state index contributed by atoms with van der Waals surface area (Å²) in [6.07, 6.45) is 12.8. The van der Waals surface area contributed by atoms with Crippen molar-refractivity contribution >= 4 is 0 Å². The van der Waals surface area contributed by atoms with Gasteiger partial charge in [-0.3, -0.25) is 0 Å². The van der Waals surface area contributed by atoms with Crippen LogP contribution < -0.4 is 5.73 Å². The van der Waals surface area contributed by atoms with Crippen LogP contribution in [0.1, 0.15) is 77.6 Å². The van der Waals surface area contributed by atoms with E-state index in [1.54, 1.807) is 0 Å². The van der Waals surface area contributed by atoms with Crippen LogP contribution in [0, 0.1) is 0 Å². The second-order valence-corrected chi connectivity index (χ2v) is 5.29. The van der Waals surface area contributed by atoms with Crippen molar-refractivity contribution in [1.82, 2.24) is 0 Å². The maximum Gasteiger partial charge on any atom is 0.159 e. The van der Waals surface area contributed by atoms with Crippen molar-refractivity contribution in [2.75, 3.05) is 6.54 Å². The predicted octanol–water partition coefficient (Wildman–Crippen LogP) is 2.94. The Hall–Kier alpha value is -0.120. The van der Waals surface area contributed by atoms with Gasteiger partial charge in [0.15, 0.2) is 5.79 Å². The van der Waals surface area contributed by atoms with Crippen LogP contribution >= 0.6 is 0 Å². The topological polar surface area (TPSA) is 66.5 Å². The number of aliphatic hydroxyl groups is 2. The van der Waals surface area contributed by atoms with Crippen molar-refractivity contribution in [2.45, 2.75) is 83.3 Å². The van der Waals surface area contributed by atoms with Gasteiger partial charge in [-0.1, -0.05) is 51.4 Å². The fraction of sp³-hybridized carbons (Fsp3) is 1.00. The van der Waals surface area contributed by atoms with Crippen molar-refractivity contribution in [3.8, 4) is 0 Å². The number of hydrogen-bond acceptors (Lipinski definition) is 3. The minimum Gasteiger partial charge on any atom is -0.366 e. The summed E-state index contributed by atoms with van der Waals surface area (Å²) >= 11 is 0. The highest BCUT2D eigenvalue weighted by atomic mass is 16.5. The van der Waals surface area contributed by atoms with E-state index in [0.29, 0.717) is 6.42 Å². The number of unbranched alkanes of at least 4 members (excludes halogenated alkanes) is 9. The third-order valence-corrected chi connectivity index (χ3v) is 3.10. The van der Waals surface area contributed by atoms with Crippen LogP contribution in [0.2, 0.25) is 0 Å². The van der Waals surface area contributed by atoms with Gasteiger partial charge in [0.25, 0.3) is 0 Å². The summed E-state index contributed by atoms with van der Waals surface area (Å²) in [5, 5.41) is 18.2. The highest BCUT2D eigenvalue weighted by molar-refractivity contribution is 4.56. The van der Waals surface area contributed by atoms with Crippen molar-refractivity contribution in [1.29, 1.82) is 0 Å². The summed E-state index contributed by atoms with van der Waals surface area (Å²) in [7, 11) is 0. The van der Waals surface area contributed by atoms with E-state index in [0.717, 1.165) is 19.4 Å². The van der Waals surface area contributed by atoms with Crippen molar-refractivity contribution in [3.63, 3.8) is 0 Å². The first kappa shape index (κ1) is 16.9. The van der Waals surface area contributed by atoms with Gasteiger partial charge in [0.2, 0.25) is 0 Å². The van der Waals surface area contributed by atoms with Crippen molar-refractivity contribution in [3.05, 3.63) is 0 Å². The molecule has 0 atom stereocenters. The molecule has 0 aromatic rings. The van der Waals surface area contributed by atoms with Crippen molar-refractivity contribution < 1.29 is 10.2 Å². The molecular formula is C14H31NO2. The summed E-state index contributed by atoms with van der Waals surface area (Å²) in [6.45, 7) is 2.28. The maximum atomic E-state index is 9.11. The molecule has 0 fully saturated rings. The molecule has 0 spiro atoms. The average Bonchev–Trinajstić information content (AvgIpc) is 2.24. The summed E-state index contributed by atoms with van der Waals surface area (Å²) in [5.74, 6) is -1.47. The Labute approximate surface area is 106 Å². The summed E-state index contributed by atoms with van der Waals surface area (Å²) < 4.78 is 0. The number of hydrogen-bond donors (Lipinski definition) is 3. The molecule has 0 aliphatic rings. The molecule has 0 amide bonds. The SMILES string of the molecule is CC(O)(O)CCCCCCCCCCCCN. The van der Waals surface area contributed by atoms with Crippen LogP contribution in [0.5, 0.6) is 0 Å². The van der Waals surface area contributed by atoms with E-state index >= 15 is 0 Å². The van der Waals surface area contributed by atoms with Crippen molar-refractivity contribution in [2.24, 2.45) is 5.73 Å². The van der Waals surface area contributed by atoms with Gasteiger partial charge in [-0.05, 0) is 26.3 Å². The van der Waals surface area contributed by atoms with E-state index in [4.69, 9.17) is 15.9 Å². The Morgan fingerprint density at radius 2 is 1.06 bits per heavy atom. The zero-order valence-electron chi connectivity index (χ0n) is 11.5. The van der Waals surface area contributed by atoms with Crippen LogP contribution in [0.3, 0.4) is 0 Å². The first-order valence-corrected chi connectivity index (χ1v) is 7.21. The lowest BCUT2D eigenvalue weighted by Gasteiger charge is -2.14. The Morgan fingerprint density at radius 1 is 0.706 bits per heavy atom. The minimum absolute atomic E-state index is 0.492. The van der Waals surface area contributed by atoms with Gasteiger partial charge < -0.3 is 15.9 Å². The number of nitrogens with two attached hydrogens (primary N) is 1. The molecule has 3 heteroatoms. The highest BCUT2D eigenvalue weighted by Crippen LogP contribution is 2.14. The van der Waals surface area contributed by atoms with Gasteiger partial charge in [0.05, 0.1) is 0 Å². The second-order valence-electron chi connectivity index (χ2n) is 5.29. The van der Waals surface area contributed by atoms with Gasteiger partial charge >= 0.3 is 0 Å². The molecule has 0 aromatic heterocycles. The first-order chi connectivity index (χ1) is 8.06. The van der Waals surface area contributed by atoms with Gasteiger partial charge in [-0.25, -0.2) is 0 Å². The molecule has 0 saturated carbocycles. The second kappa shape index (κ2) is 11.0. The smallest absolute Gasteiger partial charge is 0.159 e. The normalized spacial score (nSPS) is 12.0. The van der Waals surface area contributed by atoms with Gasteiger partial charge in [0, 0.05) is 6.42 Å². The Balaban J connectivity index is 2.99. The summed E-state index contributed by atoms with van der Waals surface area (Å²) in [6, 6.07) is 0. The molecular weight excluding hydrogens is 214 g/mol. The summed E-state index contributed by atoms with van der Waals surface area (Å²) in [5.41, 5.74) is 5.43. The third kappa shape index (κ3) is 15.9. The quantitative estimate of drug-likeness (QED) is 0.366. The van der Waals surface area contributed by atoms with E-state index in [1.165, 1.54) is 58.3 Å². The van der Waals surface area contributed by atoms with E-state index in [2.05, 4.69) is 0 Å². The van der Waals surface area contributed by atoms with E-state index in [9.17, 15) is 0 Å². The molecule has 0 radical (unpaired) electrons. The van der Waals surface area contributed by atoms with E-state index in [-0.39, 0.29) is 0 Å². The summed E-state index contributed by atoms with van der Waals surface area (Å²) in [4.78, 5) is 0. The average molecular weight is 245 g/mol. The van der Waals surface area contributed by atoms with Crippen LogP contribution in [0.25, 0.3) is 0 Å². The fourth-order valence-corrected chi connectivity index (χ4v) is 2.02. The first-order valence-electron chi connectivity index (χ1n) is 7.21.